The molecule has 0 fully saturated rings. The Labute approximate surface area is 182 Å². The van der Waals surface area contributed by atoms with Gasteiger partial charge in [0.15, 0.2) is 11.6 Å². The van der Waals surface area contributed by atoms with Crippen LogP contribution in [-0.4, -0.2) is 19.9 Å². The molecule has 0 saturated heterocycles. The molecular formula is C26H34O3Si. The Hall–Kier alpha value is -2.20. The maximum atomic E-state index is 13.4. The van der Waals surface area contributed by atoms with Crippen molar-refractivity contribution in [2.45, 2.75) is 77.4 Å². The molecule has 1 aliphatic rings. The number of hydrogen-bond donors (Lipinski definition) is 0. The first-order valence-corrected chi connectivity index (χ1v) is 14.1. The van der Waals surface area contributed by atoms with Crippen LogP contribution in [0.4, 0.5) is 0 Å². The molecule has 0 heterocycles. The Bertz CT molecular complexity index is 881. The molecule has 3 nitrogen and oxygen atoms in total. The molecule has 3 rings (SSSR count). The minimum Gasteiger partial charge on any atom is -0.543 e. The van der Waals surface area contributed by atoms with Gasteiger partial charge in [0, 0.05) is 16.7 Å². The van der Waals surface area contributed by atoms with Crippen molar-refractivity contribution in [3.63, 3.8) is 0 Å². The first-order chi connectivity index (χ1) is 14.6. The van der Waals surface area contributed by atoms with Crippen molar-refractivity contribution in [1.29, 1.82) is 0 Å². The summed E-state index contributed by atoms with van der Waals surface area (Å²) >= 11 is 0. The van der Waals surface area contributed by atoms with E-state index in [0.29, 0.717) is 28.0 Å². The molecule has 1 aliphatic carbocycles. The van der Waals surface area contributed by atoms with Crippen molar-refractivity contribution < 1.29 is 14.0 Å². The van der Waals surface area contributed by atoms with Crippen LogP contribution >= 0.6 is 0 Å². The zero-order valence-electron chi connectivity index (χ0n) is 18.6. The van der Waals surface area contributed by atoms with Crippen LogP contribution in [-0.2, 0) is 0 Å². The van der Waals surface area contributed by atoms with Gasteiger partial charge in [-0.1, -0.05) is 95.7 Å². The molecule has 4 heteroatoms. The zero-order valence-corrected chi connectivity index (χ0v) is 19.6. The molecule has 30 heavy (non-hydrogen) atoms. The molecule has 2 aromatic rings. The van der Waals surface area contributed by atoms with Crippen LogP contribution in [0.1, 0.15) is 91.1 Å². The minimum atomic E-state index is -2.07. The highest BCUT2D eigenvalue weighted by molar-refractivity contribution is 6.74. The predicted octanol–water partition coefficient (Wildman–Crippen LogP) is 7.19. The Morgan fingerprint density at radius 3 is 1.70 bits per heavy atom. The van der Waals surface area contributed by atoms with Crippen LogP contribution in [0.5, 0.6) is 5.75 Å². The number of unbranched alkanes of at least 4 members (excludes halogenated alkanes) is 3. The molecule has 0 bridgehead atoms. The number of hydrogen-bond acceptors (Lipinski definition) is 3. The molecule has 0 atom stereocenters. The molecule has 0 saturated carbocycles. The zero-order chi connectivity index (χ0) is 21.6. The van der Waals surface area contributed by atoms with Gasteiger partial charge in [0.2, 0.25) is 0 Å². The lowest BCUT2D eigenvalue weighted by Crippen LogP contribution is -2.42. The summed E-state index contributed by atoms with van der Waals surface area (Å²) in [5, 5.41) is 0. The number of rotatable bonds is 11. The van der Waals surface area contributed by atoms with Crippen LogP contribution in [0.15, 0.2) is 42.5 Å². The van der Waals surface area contributed by atoms with E-state index in [1.807, 2.05) is 24.3 Å². The number of ketones is 2. The summed E-state index contributed by atoms with van der Waals surface area (Å²) in [5.41, 5.74) is 1.95. The van der Waals surface area contributed by atoms with Gasteiger partial charge in [-0.3, -0.25) is 9.59 Å². The van der Waals surface area contributed by atoms with E-state index in [4.69, 9.17) is 4.43 Å². The predicted molar refractivity (Wildman–Crippen MR) is 125 cm³/mol. The van der Waals surface area contributed by atoms with Crippen LogP contribution in [0.25, 0.3) is 0 Å². The molecule has 0 N–H and O–H groups in total. The highest BCUT2D eigenvalue weighted by atomic mass is 28.4. The SMILES string of the molecule is CCCC[Si](CCCC)(CCCC)Oc1cccc2c1C(=O)c1ccccc1C2=O. The smallest absolute Gasteiger partial charge is 0.251 e. The third kappa shape index (κ3) is 4.59. The molecule has 160 valence electrons. The fraction of sp³-hybridized carbons (Fsp3) is 0.462. The lowest BCUT2D eigenvalue weighted by atomic mass is 9.84. The van der Waals surface area contributed by atoms with E-state index in [-0.39, 0.29) is 11.6 Å². The van der Waals surface area contributed by atoms with Gasteiger partial charge in [0.25, 0.3) is 8.32 Å². The first kappa shape index (κ1) is 22.5. The van der Waals surface area contributed by atoms with Crippen molar-refractivity contribution >= 4 is 19.9 Å². The second-order valence-electron chi connectivity index (χ2n) is 8.48. The quantitative estimate of drug-likeness (QED) is 0.307. The van der Waals surface area contributed by atoms with E-state index >= 15 is 0 Å². The summed E-state index contributed by atoms with van der Waals surface area (Å²) in [5.74, 6) is 0.476. The van der Waals surface area contributed by atoms with Crippen molar-refractivity contribution in [1.82, 2.24) is 0 Å². The molecule has 2 aromatic carbocycles. The van der Waals surface area contributed by atoms with Crippen molar-refractivity contribution in [3.8, 4) is 5.75 Å². The summed E-state index contributed by atoms with van der Waals surface area (Å²) in [4.78, 5) is 26.5. The van der Waals surface area contributed by atoms with Gasteiger partial charge < -0.3 is 4.43 Å². The van der Waals surface area contributed by atoms with Crippen LogP contribution < -0.4 is 4.43 Å². The van der Waals surface area contributed by atoms with Gasteiger partial charge >= 0.3 is 0 Å². The highest BCUT2D eigenvalue weighted by Gasteiger charge is 2.38. The summed E-state index contributed by atoms with van der Waals surface area (Å²) in [6.45, 7) is 6.67. The Morgan fingerprint density at radius 2 is 1.17 bits per heavy atom. The van der Waals surface area contributed by atoms with Crippen molar-refractivity contribution in [3.05, 3.63) is 64.7 Å². The maximum absolute atomic E-state index is 13.4. The van der Waals surface area contributed by atoms with Crippen molar-refractivity contribution in [2.24, 2.45) is 0 Å². The summed E-state index contributed by atoms with van der Waals surface area (Å²) < 4.78 is 6.91. The van der Waals surface area contributed by atoms with Gasteiger partial charge in [-0.15, -0.1) is 0 Å². The van der Waals surface area contributed by atoms with E-state index in [1.165, 1.54) is 0 Å². The Kier molecular flexibility index (Phi) is 7.65. The molecule has 0 aromatic heterocycles. The van der Waals surface area contributed by atoms with Crippen LogP contribution in [0, 0.1) is 0 Å². The molecule has 0 unspecified atom stereocenters. The number of benzene rings is 2. The lowest BCUT2D eigenvalue weighted by molar-refractivity contribution is 0.0977. The Balaban J connectivity index is 2.04. The highest BCUT2D eigenvalue weighted by Crippen LogP contribution is 2.37. The average molecular weight is 423 g/mol. The molecule has 0 spiro atoms. The second kappa shape index (κ2) is 10.2. The van der Waals surface area contributed by atoms with E-state index in [0.717, 1.165) is 56.7 Å². The minimum absolute atomic E-state index is 0.0754. The normalized spacial score (nSPS) is 13.2. The van der Waals surface area contributed by atoms with E-state index in [9.17, 15) is 9.59 Å². The molecule has 0 radical (unpaired) electrons. The second-order valence-corrected chi connectivity index (χ2v) is 12.5. The number of fused-ring (bicyclic) bond motifs is 2. The lowest BCUT2D eigenvalue weighted by Gasteiger charge is -2.34. The average Bonchev–Trinajstić information content (AvgIpc) is 2.78. The molecule has 0 aliphatic heterocycles. The monoisotopic (exact) mass is 422 g/mol. The van der Waals surface area contributed by atoms with Gasteiger partial charge in [0.05, 0.1) is 5.56 Å². The van der Waals surface area contributed by atoms with Gasteiger partial charge in [-0.05, 0) is 24.2 Å². The van der Waals surface area contributed by atoms with Crippen LogP contribution in [0.2, 0.25) is 18.1 Å². The van der Waals surface area contributed by atoms with E-state index in [1.54, 1.807) is 18.2 Å². The van der Waals surface area contributed by atoms with Gasteiger partial charge in [-0.2, -0.15) is 0 Å². The van der Waals surface area contributed by atoms with Crippen molar-refractivity contribution in [2.75, 3.05) is 0 Å². The van der Waals surface area contributed by atoms with E-state index < -0.39 is 8.32 Å². The van der Waals surface area contributed by atoms with Crippen LogP contribution in [0.3, 0.4) is 0 Å². The maximum Gasteiger partial charge on any atom is 0.251 e. The fourth-order valence-electron chi connectivity index (χ4n) is 4.46. The molecular weight excluding hydrogens is 388 g/mol. The summed E-state index contributed by atoms with van der Waals surface area (Å²) in [6.07, 6.45) is 6.91. The fourth-order valence-corrected chi connectivity index (χ4v) is 9.14. The summed E-state index contributed by atoms with van der Waals surface area (Å²) in [7, 11) is -2.07. The van der Waals surface area contributed by atoms with E-state index in [2.05, 4.69) is 20.8 Å². The third-order valence-corrected chi connectivity index (χ3v) is 10.6. The number of carbonyl (C=O) groups is 2. The Morgan fingerprint density at radius 1 is 0.667 bits per heavy atom. The topological polar surface area (TPSA) is 43.4 Å². The molecule has 0 amide bonds. The first-order valence-electron chi connectivity index (χ1n) is 11.6. The third-order valence-electron chi connectivity index (χ3n) is 6.20. The van der Waals surface area contributed by atoms with Gasteiger partial charge in [-0.25, -0.2) is 0 Å². The summed E-state index contributed by atoms with van der Waals surface area (Å²) in [6, 6.07) is 16.0. The standard InChI is InChI=1S/C26H34O3Si/c1-4-7-17-30(18-8-5-2,19-9-6-3)29-23-16-12-15-22-24(23)26(28)21-14-11-10-13-20(21)25(22)27/h10-16H,4-9,17-19H2,1-3H3. The largest absolute Gasteiger partial charge is 0.543 e. The number of carbonyl (C=O) groups excluding carboxylic acids is 2. The van der Waals surface area contributed by atoms with Gasteiger partial charge in [0.1, 0.15) is 5.75 Å².